The minimum absolute atomic E-state index is 1.30. The Morgan fingerprint density at radius 3 is 1.69 bits per heavy atom. The van der Waals surface area contributed by atoms with E-state index in [2.05, 4.69) is 27.7 Å². The number of unbranched alkanes of at least 4 members (excludes halogenated alkanes) is 1. The fraction of sp³-hybridized carbons (Fsp3) is 0.846. The van der Waals surface area contributed by atoms with E-state index >= 15 is 0 Å². The molecular formula is C13H26. The fourth-order valence-corrected chi connectivity index (χ4v) is 1.77. The summed E-state index contributed by atoms with van der Waals surface area (Å²) in [5, 5.41) is 0. The first-order valence-electron chi connectivity index (χ1n) is 5.93. The summed E-state index contributed by atoms with van der Waals surface area (Å²) in [6, 6.07) is 0. The second kappa shape index (κ2) is 8.34. The van der Waals surface area contributed by atoms with Crippen LogP contribution >= 0.6 is 0 Å². The second-order valence-corrected chi connectivity index (χ2v) is 3.99. The highest BCUT2D eigenvalue weighted by molar-refractivity contribution is 5.11. The van der Waals surface area contributed by atoms with Gasteiger partial charge in [-0.15, -0.1) is 0 Å². The van der Waals surface area contributed by atoms with Crippen molar-refractivity contribution in [2.24, 2.45) is 0 Å². The fourth-order valence-electron chi connectivity index (χ4n) is 1.77. The van der Waals surface area contributed by atoms with Gasteiger partial charge in [0.1, 0.15) is 0 Å². The topological polar surface area (TPSA) is 0 Å². The van der Waals surface area contributed by atoms with Crippen molar-refractivity contribution >= 4 is 0 Å². The van der Waals surface area contributed by atoms with Gasteiger partial charge in [-0.25, -0.2) is 0 Å². The summed E-state index contributed by atoms with van der Waals surface area (Å²) in [6.07, 6.45) is 9.27. The van der Waals surface area contributed by atoms with Crippen LogP contribution in [0.15, 0.2) is 11.1 Å². The molecule has 0 spiro atoms. The van der Waals surface area contributed by atoms with Gasteiger partial charge in [0, 0.05) is 0 Å². The maximum absolute atomic E-state index is 2.33. The summed E-state index contributed by atoms with van der Waals surface area (Å²) in [4.78, 5) is 0. The molecule has 0 unspecified atom stereocenters. The minimum atomic E-state index is 1.30. The Hall–Kier alpha value is -0.260. The van der Waals surface area contributed by atoms with E-state index in [1.807, 2.05) is 0 Å². The van der Waals surface area contributed by atoms with Crippen LogP contribution in [-0.2, 0) is 0 Å². The summed E-state index contributed by atoms with van der Waals surface area (Å²) in [7, 11) is 0. The lowest BCUT2D eigenvalue weighted by molar-refractivity contribution is 0.736. The summed E-state index contributed by atoms with van der Waals surface area (Å²) in [5.74, 6) is 0. The normalized spacial score (nSPS) is 10.2. The number of hydrogen-bond donors (Lipinski definition) is 0. The molecular weight excluding hydrogens is 156 g/mol. The first-order valence-corrected chi connectivity index (χ1v) is 5.93. The van der Waals surface area contributed by atoms with Crippen LogP contribution in [0.5, 0.6) is 0 Å². The quantitative estimate of drug-likeness (QED) is 0.481. The van der Waals surface area contributed by atoms with Gasteiger partial charge in [0.15, 0.2) is 0 Å². The number of allylic oxidation sites excluding steroid dienone is 2. The first kappa shape index (κ1) is 12.7. The largest absolute Gasteiger partial charge is 0.0741 e. The van der Waals surface area contributed by atoms with Gasteiger partial charge in [-0.3, -0.25) is 0 Å². The van der Waals surface area contributed by atoms with Crippen LogP contribution in [0, 0.1) is 0 Å². The molecule has 0 aromatic heterocycles. The Bertz CT molecular complexity index is 134. The summed E-state index contributed by atoms with van der Waals surface area (Å²) < 4.78 is 0. The molecule has 0 atom stereocenters. The van der Waals surface area contributed by atoms with Crippen molar-refractivity contribution in [1.82, 2.24) is 0 Å². The smallest absolute Gasteiger partial charge is 0.0320 e. The molecule has 0 heteroatoms. The Kier molecular flexibility index (Phi) is 8.18. The lowest BCUT2D eigenvalue weighted by Crippen LogP contribution is -1.90. The maximum Gasteiger partial charge on any atom is -0.0320 e. The van der Waals surface area contributed by atoms with Crippen LogP contribution in [0.1, 0.15) is 72.6 Å². The van der Waals surface area contributed by atoms with Gasteiger partial charge < -0.3 is 0 Å². The van der Waals surface area contributed by atoms with E-state index in [9.17, 15) is 0 Å². The average Bonchev–Trinajstić information content (AvgIpc) is 2.14. The van der Waals surface area contributed by atoms with Crippen molar-refractivity contribution in [2.75, 3.05) is 0 Å². The van der Waals surface area contributed by atoms with Crippen LogP contribution < -0.4 is 0 Å². The summed E-state index contributed by atoms with van der Waals surface area (Å²) in [5.41, 5.74) is 3.41. The van der Waals surface area contributed by atoms with E-state index < -0.39 is 0 Å². The van der Waals surface area contributed by atoms with Crippen LogP contribution in [0.4, 0.5) is 0 Å². The van der Waals surface area contributed by atoms with Gasteiger partial charge in [0.2, 0.25) is 0 Å². The average molecular weight is 182 g/mol. The molecule has 0 aliphatic heterocycles. The third-order valence-corrected chi connectivity index (χ3v) is 2.61. The monoisotopic (exact) mass is 182 g/mol. The SMILES string of the molecule is CCCCC(C)=C(CCC)CCC. The Balaban J connectivity index is 4.08. The second-order valence-electron chi connectivity index (χ2n) is 3.99. The molecule has 0 N–H and O–H groups in total. The van der Waals surface area contributed by atoms with Gasteiger partial charge in [-0.1, -0.05) is 51.2 Å². The summed E-state index contributed by atoms with van der Waals surface area (Å²) in [6.45, 7) is 9.16. The molecule has 13 heavy (non-hydrogen) atoms. The summed E-state index contributed by atoms with van der Waals surface area (Å²) >= 11 is 0. The third-order valence-electron chi connectivity index (χ3n) is 2.61. The first-order chi connectivity index (χ1) is 6.26. The van der Waals surface area contributed by atoms with Crippen molar-refractivity contribution in [3.05, 3.63) is 11.1 Å². The van der Waals surface area contributed by atoms with Crippen LogP contribution in [0.25, 0.3) is 0 Å². The highest BCUT2D eigenvalue weighted by Gasteiger charge is 2.00. The molecule has 0 radical (unpaired) electrons. The predicted molar refractivity (Wildman–Crippen MR) is 62.0 cm³/mol. The molecule has 78 valence electrons. The number of rotatable bonds is 7. The Morgan fingerprint density at radius 2 is 1.31 bits per heavy atom. The molecule has 0 aliphatic carbocycles. The molecule has 0 amide bonds. The van der Waals surface area contributed by atoms with Crippen molar-refractivity contribution < 1.29 is 0 Å². The number of hydrogen-bond acceptors (Lipinski definition) is 0. The van der Waals surface area contributed by atoms with E-state index in [1.54, 1.807) is 11.1 Å². The zero-order valence-corrected chi connectivity index (χ0v) is 9.95. The van der Waals surface area contributed by atoms with Crippen molar-refractivity contribution in [3.8, 4) is 0 Å². The van der Waals surface area contributed by atoms with Gasteiger partial charge >= 0.3 is 0 Å². The van der Waals surface area contributed by atoms with E-state index in [0.29, 0.717) is 0 Å². The standard InChI is InChI=1S/C13H26/c1-5-8-11-12(4)13(9-6-2)10-7-3/h5-11H2,1-4H3. The zero-order chi connectivity index (χ0) is 10.1. The molecule has 0 nitrogen and oxygen atoms in total. The van der Waals surface area contributed by atoms with E-state index in [-0.39, 0.29) is 0 Å². The van der Waals surface area contributed by atoms with Crippen LogP contribution in [-0.4, -0.2) is 0 Å². The highest BCUT2D eigenvalue weighted by atomic mass is 14.1. The molecule has 0 heterocycles. The van der Waals surface area contributed by atoms with Crippen LogP contribution in [0.3, 0.4) is 0 Å². The minimum Gasteiger partial charge on any atom is -0.0741 e. The van der Waals surface area contributed by atoms with Crippen molar-refractivity contribution in [1.29, 1.82) is 0 Å². The molecule has 0 saturated carbocycles. The van der Waals surface area contributed by atoms with Crippen LogP contribution in [0.2, 0.25) is 0 Å². The van der Waals surface area contributed by atoms with Gasteiger partial charge in [-0.05, 0) is 32.6 Å². The van der Waals surface area contributed by atoms with E-state index in [4.69, 9.17) is 0 Å². The molecule has 0 aromatic carbocycles. The maximum atomic E-state index is 2.33. The molecule has 0 saturated heterocycles. The predicted octanol–water partition coefficient (Wildman–Crippen LogP) is 5.09. The van der Waals surface area contributed by atoms with E-state index in [1.165, 1.54) is 44.9 Å². The molecule has 0 rings (SSSR count). The lowest BCUT2D eigenvalue weighted by Gasteiger charge is -2.10. The Labute approximate surface area is 84.4 Å². The van der Waals surface area contributed by atoms with Crippen molar-refractivity contribution in [3.63, 3.8) is 0 Å². The Morgan fingerprint density at radius 1 is 0.769 bits per heavy atom. The highest BCUT2D eigenvalue weighted by Crippen LogP contribution is 2.20. The van der Waals surface area contributed by atoms with Gasteiger partial charge in [0.25, 0.3) is 0 Å². The molecule has 0 bridgehead atoms. The molecule has 0 fully saturated rings. The van der Waals surface area contributed by atoms with Gasteiger partial charge in [0.05, 0.1) is 0 Å². The lowest BCUT2D eigenvalue weighted by atomic mass is 9.97. The zero-order valence-electron chi connectivity index (χ0n) is 9.95. The van der Waals surface area contributed by atoms with Gasteiger partial charge in [-0.2, -0.15) is 0 Å². The van der Waals surface area contributed by atoms with E-state index in [0.717, 1.165) is 0 Å². The molecule has 0 aromatic rings. The van der Waals surface area contributed by atoms with Crippen molar-refractivity contribution in [2.45, 2.75) is 72.6 Å². The third kappa shape index (κ3) is 5.90. The molecule has 0 aliphatic rings.